The molecule has 1 aromatic rings. The van der Waals surface area contributed by atoms with Crippen LogP contribution in [0.4, 0.5) is 0 Å². The minimum absolute atomic E-state index is 0.0663. The average molecular weight is 278 g/mol. The molecule has 2 rings (SSSR count). The topological polar surface area (TPSA) is 55.7 Å². The number of hydrogen-bond acceptors (Lipinski definition) is 4. The van der Waals surface area contributed by atoms with E-state index in [1.807, 2.05) is 6.92 Å². The van der Waals surface area contributed by atoms with Crippen LogP contribution >= 0.6 is 0 Å². The third kappa shape index (κ3) is 3.64. The van der Waals surface area contributed by atoms with Gasteiger partial charge in [0.15, 0.2) is 0 Å². The lowest BCUT2D eigenvalue weighted by molar-refractivity contribution is 0.168. The van der Waals surface area contributed by atoms with Gasteiger partial charge in [-0.1, -0.05) is 12.5 Å². The molecule has 2 unspecified atom stereocenters. The van der Waals surface area contributed by atoms with E-state index in [1.54, 1.807) is 18.2 Å². The van der Waals surface area contributed by atoms with Crippen LogP contribution in [-0.2, 0) is 0 Å². The van der Waals surface area contributed by atoms with Gasteiger partial charge in [-0.3, -0.25) is 4.90 Å². The SMILES string of the molecule is CC(NCC(C)N1CCCCC1)c1c(O)cccc1O. The van der Waals surface area contributed by atoms with Crippen molar-refractivity contribution in [3.8, 4) is 11.5 Å². The van der Waals surface area contributed by atoms with Gasteiger partial charge in [-0.2, -0.15) is 0 Å². The number of likely N-dealkylation sites (tertiary alicyclic amines) is 1. The van der Waals surface area contributed by atoms with Crippen LogP contribution in [0.15, 0.2) is 18.2 Å². The molecule has 4 nitrogen and oxygen atoms in total. The van der Waals surface area contributed by atoms with E-state index in [2.05, 4.69) is 17.1 Å². The van der Waals surface area contributed by atoms with E-state index < -0.39 is 0 Å². The van der Waals surface area contributed by atoms with Crippen LogP contribution in [0.2, 0.25) is 0 Å². The zero-order valence-corrected chi connectivity index (χ0v) is 12.5. The first-order valence-electron chi connectivity index (χ1n) is 7.58. The molecule has 0 aliphatic carbocycles. The highest BCUT2D eigenvalue weighted by atomic mass is 16.3. The second kappa shape index (κ2) is 6.95. The summed E-state index contributed by atoms with van der Waals surface area (Å²) in [7, 11) is 0. The van der Waals surface area contributed by atoms with E-state index >= 15 is 0 Å². The Morgan fingerprint density at radius 3 is 2.30 bits per heavy atom. The monoisotopic (exact) mass is 278 g/mol. The van der Waals surface area contributed by atoms with Crippen molar-refractivity contribution in [3.05, 3.63) is 23.8 Å². The number of aromatic hydroxyl groups is 2. The van der Waals surface area contributed by atoms with Crippen molar-refractivity contribution in [2.75, 3.05) is 19.6 Å². The van der Waals surface area contributed by atoms with Gasteiger partial charge in [0.1, 0.15) is 11.5 Å². The molecule has 3 N–H and O–H groups in total. The lowest BCUT2D eigenvalue weighted by atomic mass is 10.0. The van der Waals surface area contributed by atoms with Gasteiger partial charge >= 0.3 is 0 Å². The summed E-state index contributed by atoms with van der Waals surface area (Å²) >= 11 is 0. The number of benzene rings is 1. The number of rotatable bonds is 5. The molecule has 2 atom stereocenters. The Hall–Kier alpha value is -1.26. The number of nitrogens with zero attached hydrogens (tertiary/aromatic N) is 1. The third-order valence-electron chi connectivity index (χ3n) is 4.23. The molecule has 0 aromatic heterocycles. The van der Waals surface area contributed by atoms with Crippen molar-refractivity contribution in [1.29, 1.82) is 0 Å². The minimum Gasteiger partial charge on any atom is -0.507 e. The number of hydrogen-bond donors (Lipinski definition) is 3. The fourth-order valence-electron chi connectivity index (χ4n) is 2.92. The quantitative estimate of drug-likeness (QED) is 0.775. The zero-order valence-electron chi connectivity index (χ0n) is 12.5. The normalized spacial score (nSPS) is 19.7. The summed E-state index contributed by atoms with van der Waals surface area (Å²) in [5.41, 5.74) is 0.582. The van der Waals surface area contributed by atoms with Crippen LogP contribution in [0, 0.1) is 0 Å². The molecule has 1 aliphatic rings. The Morgan fingerprint density at radius 2 is 1.70 bits per heavy atom. The van der Waals surface area contributed by atoms with Gasteiger partial charge in [0.2, 0.25) is 0 Å². The number of phenolic OH excluding ortho intramolecular Hbond substituents is 2. The lowest BCUT2D eigenvalue weighted by Gasteiger charge is -2.33. The van der Waals surface area contributed by atoms with Crippen molar-refractivity contribution in [1.82, 2.24) is 10.2 Å². The van der Waals surface area contributed by atoms with Gasteiger partial charge in [-0.05, 0) is 51.9 Å². The molecule has 112 valence electrons. The lowest BCUT2D eigenvalue weighted by Crippen LogP contribution is -2.43. The van der Waals surface area contributed by atoms with Gasteiger partial charge < -0.3 is 15.5 Å². The molecule has 0 radical (unpaired) electrons. The molecular weight excluding hydrogens is 252 g/mol. The van der Waals surface area contributed by atoms with Gasteiger partial charge in [0.25, 0.3) is 0 Å². The minimum atomic E-state index is -0.0663. The molecule has 4 heteroatoms. The molecule has 0 saturated carbocycles. The maximum Gasteiger partial charge on any atom is 0.124 e. The summed E-state index contributed by atoms with van der Waals surface area (Å²) in [6, 6.07) is 5.29. The van der Waals surface area contributed by atoms with Crippen molar-refractivity contribution in [3.63, 3.8) is 0 Å². The molecule has 0 amide bonds. The molecule has 1 aromatic carbocycles. The largest absolute Gasteiger partial charge is 0.507 e. The summed E-state index contributed by atoms with van der Waals surface area (Å²) in [6.07, 6.45) is 3.93. The predicted octanol–water partition coefficient (Wildman–Crippen LogP) is 2.62. The highest BCUT2D eigenvalue weighted by molar-refractivity contribution is 5.44. The Labute approximate surface area is 121 Å². The summed E-state index contributed by atoms with van der Waals surface area (Å²) in [4.78, 5) is 2.51. The first-order valence-corrected chi connectivity index (χ1v) is 7.58. The third-order valence-corrected chi connectivity index (χ3v) is 4.23. The van der Waals surface area contributed by atoms with Crippen LogP contribution in [0.25, 0.3) is 0 Å². The van der Waals surface area contributed by atoms with Gasteiger partial charge in [0, 0.05) is 18.6 Å². The van der Waals surface area contributed by atoms with Crippen molar-refractivity contribution in [2.24, 2.45) is 0 Å². The number of phenols is 2. The van der Waals surface area contributed by atoms with Crippen LogP contribution < -0.4 is 5.32 Å². The van der Waals surface area contributed by atoms with Gasteiger partial charge in [-0.15, -0.1) is 0 Å². The Balaban J connectivity index is 1.89. The highest BCUT2D eigenvalue weighted by Gasteiger charge is 2.19. The molecule has 20 heavy (non-hydrogen) atoms. The molecular formula is C16H26N2O2. The van der Waals surface area contributed by atoms with Crippen molar-refractivity contribution >= 4 is 0 Å². The molecule has 1 heterocycles. The van der Waals surface area contributed by atoms with Crippen LogP contribution in [0.5, 0.6) is 11.5 Å². The second-order valence-corrected chi connectivity index (χ2v) is 5.79. The Bertz CT molecular complexity index is 410. The standard InChI is InChI=1S/C16H26N2O2/c1-12(18-9-4-3-5-10-18)11-17-13(2)16-14(19)7-6-8-15(16)20/h6-8,12-13,17,19-20H,3-5,9-11H2,1-2H3. The highest BCUT2D eigenvalue weighted by Crippen LogP contribution is 2.32. The maximum atomic E-state index is 9.87. The summed E-state index contributed by atoms with van der Waals surface area (Å²) < 4.78 is 0. The molecule has 0 spiro atoms. The smallest absolute Gasteiger partial charge is 0.124 e. The molecule has 1 saturated heterocycles. The van der Waals surface area contributed by atoms with Crippen molar-refractivity contribution < 1.29 is 10.2 Å². The Morgan fingerprint density at radius 1 is 1.10 bits per heavy atom. The first kappa shape index (κ1) is 15.1. The van der Waals surface area contributed by atoms with E-state index in [-0.39, 0.29) is 17.5 Å². The molecule has 0 bridgehead atoms. The Kier molecular flexibility index (Phi) is 5.26. The molecule has 1 aliphatic heterocycles. The molecule has 1 fully saturated rings. The summed E-state index contributed by atoms with van der Waals surface area (Å²) in [5, 5.41) is 23.1. The number of piperidine rings is 1. The van der Waals surface area contributed by atoms with Gasteiger partial charge in [0.05, 0.1) is 5.56 Å². The average Bonchev–Trinajstić information content (AvgIpc) is 2.45. The zero-order chi connectivity index (χ0) is 14.5. The van der Waals surface area contributed by atoms with Crippen LogP contribution in [-0.4, -0.2) is 40.8 Å². The predicted molar refractivity (Wildman–Crippen MR) is 81.1 cm³/mol. The van der Waals surface area contributed by atoms with E-state index in [9.17, 15) is 10.2 Å². The fraction of sp³-hybridized carbons (Fsp3) is 0.625. The van der Waals surface area contributed by atoms with Crippen LogP contribution in [0.3, 0.4) is 0 Å². The fourth-order valence-corrected chi connectivity index (χ4v) is 2.92. The first-order chi connectivity index (χ1) is 9.59. The number of nitrogens with one attached hydrogen (secondary N) is 1. The van der Waals surface area contributed by atoms with E-state index in [1.165, 1.54) is 32.4 Å². The van der Waals surface area contributed by atoms with E-state index in [4.69, 9.17) is 0 Å². The van der Waals surface area contributed by atoms with Gasteiger partial charge in [-0.25, -0.2) is 0 Å². The van der Waals surface area contributed by atoms with E-state index in [0.29, 0.717) is 11.6 Å². The van der Waals surface area contributed by atoms with E-state index in [0.717, 1.165) is 6.54 Å². The maximum absolute atomic E-state index is 9.87. The van der Waals surface area contributed by atoms with Crippen molar-refractivity contribution in [2.45, 2.75) is 45.2 Å². The second-order valence-electron chi connectivity index (χ2n) is 5.79. The summed E-state index contributed by atoms with van der Waals surface area (Å²) in [6.45, 7) is 7.42. The van der Waals surface area contributed by atoms with Crippen LogP contribution in [0.1, 0.15) is 44.7 Å². The summed E-state index contributed by atoms with van der Waals surface area (Å²) in [5.74, 6) is 0.297.